The number of aryl methyl sites for hydroxylation is 1. The fraction of sp³-hybridized carbons (Fsp3) is 0.350. The molecule has 0 bridgehead atoms. The SMILES string of the molecule is COc1ccc(-c2ccc3c(c2)CCC(C)(C)[C@@H]3NC(=O)O)cc1Cl. The second kappa shape index (κ2) is 6.60. The fourth-order valence-corrected chi connectivity index (χ4v) is 3.81. The van der Waals surface area contributed by atoms with Crippen LogP contribution in [0.15, 0.2) is 36.4 Å². The highest BCUT2D eigenvalue weighted by Gasteiger charge is 2.37. The van der Waals surface area contributed by atoms with Crippen LogP contribution < -0.4 is 10.1 Å². The van der Waals surface area contributed by atoms with E-state index in [1.165, 1.54) is 5.56 Å². The number of carbonyl (C=O) groups is 1. The molecule has 0 aliphatic heterocycles. The Balaban J connectivity index is 2.00. The van der Waals surface area contributed by atoms with Crippen molar-refractivity contribution in [2.24, 2.45) is 5.41 Å². The van der Waals surface area contributed by atoms with E-state index in [2.05, 4.69) is 25.2 Å². The van der Waals surface area contributed by atoms with E-state index in [1.807, 2.05) is 30.3 Å². The van der Waals surface area contributed by atoms with Crippen LogP contribution >= 0.6 is 11.6 Å². The number of amides is 1. The summed E-state index contributed by atoms with van der Waals surface area (Å²) >= 11 is 6.24. The van der Waals surface area contributed by atoms with Crippen molar-refractivity contribution in [2.75, 3.05) is 7.11 Å². The molecule has 1 amide bonds. The van der Waals surface area contributed by atoms with Crippen LogP contribution in [0, 0.1) is 5.41 Å². The number of fused-ring (bicyclic) bond motifs is 1. The molecule has 1 aliphatic carbocycles. The molecule has 0 heterocycles. The normalized spacial score (nSPS) is 18.3. The van der Waals surface area contributed by atoms with Gasteiger partial charge in [-0.05, 0) is 52.6 Å². The first-order valence-electron chi connectivity index (χ1n) is 8.28. The van der Waals surface area contributed by atoms with E-state index < -0.39 is 6.09 Å². The molecule has 0 radical (unpaired) electrons. The van der Waals surface area contributed by atoms with Gasteiger partial charge in [0.05, 0.1) is 18.2 Å². The number of rotatable bonds is 3. The van der Waals surface area contributed by atoms with Crippen LogP contribution in [-0.4, -0.2) is 18.3 Å². The highest BCUT2D eigenvalue weighted by Crippen LogP contribution is 2.44. The molecule has 0 aromatic heterocycles. The number of hydrogen-bond acceptors (Lipinski definition) is 2. The van der Waals surface area contributed by atoms with E-state index in [4.69, 9.17) is 16.3 Å². The van der Waals surface area contributed by atoms with Crippen LogP contribution in [0.2, 0.25) is 5.02 Å². The van der Waals surface area contributed by atoms with Crippen LogP contribution in [0.5, 0.6) is 5.75 Å². The number of ether oxygens (including phenoxy) is 1. The molecule has 2 N–H and O–H groups in total. The molecule has 0 saturated heterocycles. The molecule has 132 valence electrons. The maximum atomic E-state index is 11.2. The second-order valence-electron chi connectivity index (χ2n) is 7.13. The average molecular weight is 360 g/mol. The Bertz CT molecular complexity index is 817. The molecule has 1 atom stereocenters. The summed E-state index contributed by atoms with van der Waals surface area (Å²) < 4.78 is 5.20. The Kier molecular flexibility index (Phi) is 4.65. The molecule has 2 aromatic carbocycles. The molecular formula is C20H22ClNO3. The topological polar surface area (TPSA) is 58.6 Å². The van der Waals surface area contributed by atoms with Gasteiger partial charge < -0.3 is 15.2 Å². The van der Waals surface area contributed by atoms with E-state index in [9.17, 15) is 9.90 Å². The molecule has 0 unspecified atom stereocenters. The lowest BCUT2D eigenvalue weighted by molar-refractivity contribution is 0.161. The second-order valence-corrected chi connectivity index (χ2v) is 7.54. The smallest absolute Gasteiger partial charge is 0.405 e. The van der Waals surface area contributed by atoms with Gasteiger partial charge in [0.15, 0.2) is 0 Å². The largest absolute Gasteiger partial charge is 0.495 e. The van der Waals surface area contributed by atoms with Gasteiger partial charge in [0.2, 0.25) is 0 Å². The standard InChI is InChI=1S/C20H22ClNO3/c1-20(2)9-8-14-10-12(4-6-15(14)18(20)22-19(23)24)13-5-7-17(25-3)16(21)11-13/h4-7,10-11,18,22H,8-9H2,1-3H3,(H,23,24)/t18-/m1/s1. The van der Waals surface area contributed by atoms with Crippen molar-refractivity contribution in [3.8, 4) is 16.9 Å². The number of benzene rings is 2. The minimum Gasteiger partial charge on any atom is -0.495 e. The maximum Gasteiger partial charge on any atom is 0.405 e. The number of nitrogens with one attached hydrogen (secondary N) is 1. The van der Waals surface area contributed by atoms with Crippen LogP contribution in [0.1, 0.15) is 37.4 Å². The van der Waals surface area contributed by atoms with E-state index >= 15 is 0 Å². The van der Waals surface area contributed by atoms with Crippen molar-refractivity contribution in [3.05, 3.63) is 52.5 Å². The average Bonchev–Trinajstić information content (AvgIpc) is 2.57. The maximum absolute atomic E-state index is 11.2. The number of hydrogen-bond donors (Lipinski definition) is 2. The van der Waals surface area contributed by atoms with E-state index in [0.717, 1.165) is 29.5 Å². The first-order chi connectivity index (χ1) is 11.8. The van der Waals surface area contributed by atoms with Crippen molar-refractivity contribution < 1.29 is 14.6 Å². The monoisotopic (exact) mass is 359 g/mol. The number of carboxylic acid groups (broad SMARTS) is 1. The predicted molar refractivity (Wildman–Crippen MR) is 99.4 cm³/mol. The van der Waals surface area contributed by atoms with Gasteiger partial charge in [-0.15, -0.1) is 0 Å². The van der Waals surface area contributed by atoms with Gasteiger partial charge >= 0.3 is 6.09 Å². The van der Waals surface area contributed by atoms with E-state index in [0.29, 0.717) is 10.8 Å². The molecule has 0 saturated carbocycles. The summed E-state index contributed by atoms with van der Waals surface area (Å²) in [7, 11) is 1.59. The first kappa shape index (κ1) is 17.6. The minimum atomic E-state index is -0.989. The first-order valence-corrected chi connectivity index (χ1v) is 8.66. The summed E-state index contributed by atoms with van der Waals surface area (Å²) in [6, 6.07) is 11.7. The summed E-state index contributed by atoms with van der Waals surface area (Å²) in [6.07, 6.45) is 0.868. The Hall–Kier alpha value is -2.20. The summed E-state index contributed by atoms with van der Waals surface area (Å²) in [6.45, 7) is 4.21. The van der Waals surface area contributed by atoms with Crippen molar-refractivity contribution in [2.45, 2.75) is 32.7 Å². The van der Waals surface area contributed by atoms with Crippen LogP contribution in [0.3, 0.4) is 0 Å². The highest BCUT2D eigenvalue weighted by molar-refractivity contribution is 6.32. The minimum absolute atomic E-state index is 0.115. The van der Waals surface area contributed by atoms with Gasteiger partial charge in [0, 0.05) is 0 Å². The quantitative estimate of drug-likeness (QED) is 0.782. The fourth-order valence-electron chi connectivity index (χ4n) is 3.55. The van der Waals surface area contributed by atoms with Gasteiger partial charge in [-0.25, -0.2) is 4.79 Å². The van der Waals surface area contributed by atoms with Crippen LogP contribution in [0.25, 0.3) is 11.1 Å². The van der Waals surface area contributed by atoms with Crippen molar-refractivity contribution >= 4 is 17.7 Å². The predicted octanol–water partition coefficient (Wildman–Crippen LogP) is 5.30. The van der Waals surface area contributed by atoms with E-state index in [-0.39, 0.29) is 11.5 Å². The molecule has 4 nitrogen and oxygen atoms in total. The Morgan fingerprint density at radius 1 is 1.24 bits per heavy atom. The summed E-state index contributed by atoms with van der Waals surface area (Å²) in [5.41, 5.74) is 4.21. The summed E-state index contributed by atoms with van der Waals surface area (Å²) in [5.74, 6) is 0.649. The van der Waals surface area contributed by atoms with Gasteiger partial charge in [0.25, 0.3) is 0 Å². The number of halogens is 1. The molecule has 25 heavy (non-hydrogen) atoms. The van der Waals surface area contributed by atoms with Gasteiger partial charge in [-0.3, -0.25) is 0 Å². The zero-order chi connectivity index (χ0) is 18.2. The zero-order valence-corrected chi connectivity index (χ0v) is 15.4. The lowest BCUT2D eigenvalue weighted by Gasteiger charge is -2.40. The third kappa shape index (κ3) is 3.45. The van der Waals surface area contributed by atoms with Gasteiger partial charge in [0.1, 0.15) is 5.75 Å². The summed E-state index contributed by atoms with van der Waals surface area (Å²) in [5, 5.41) is 12.5. The van der Waals surface area contributed by atoms with Gasteiger partial charge in [-0.1, -0.05) is 49.7 Å². The molecule has 3 rings (SSSR count). The molecule has 1 aliphatic rings. The van der Waals surface area contributed by atoms with Crippen molar-refractivity contribution in [1.82, 2.24) is 5.32 Å². The Morgan fingerprint density at radius 3 is 2.56 bits per heavy atom. The highest BCUT2D eigenvalue weighted by atomic mass is 35.5. The zero-order valence-electron chi connectivity index (χ0n) is 14.6. The lowest BCUT2D eigenvalue weighted by atomic mass is 9.70. The molecule has 0 spiro atoms. The van der Waals surface area contributed by atoms with E-state index in [1.54, 1.807) is 7.11 Å². The molecule has 2 aromatic rings. The molecular weight excluding hydrogens is 338 g/mol. The Morgan fingerprint density at radius 2 is 1.92 bits per heavy atom. The van der Waals surface area contributed by atoms with Crippen LogP contribution in [-0.2, 0) is 6.42 Å². The van der Waals surface area contributed by atoms with Crippen molar-refractivity contribution in [1.29, 1.82) is 0 Å². The third-order valence-electron chi connectivity index (χ3n) is 5.03. The third-order valence-corrected chi connectivity index (χ3v) is 5.32. The Labute approximate surface area is 152 Å². The number of methoxy groups -OCH3 is 1. The lowest BCUT2D eigenvalue weighted by Crippen LogP contribution is -2.40. The van der Waals surface area contributed by atoms with Crippen molar-refractivity contribution in [3.63, 3.8) is 0 Å². The summed E-state index contributed by atoms with van der Waals surface area (Å²) in [4.78, 5) is 11.2. The molecule has 5 heteroatoms. The van der Waals surface area contributed by atoms with Gasteiger partial charge in [-0.2, -0.15) is 0 Å². The molecule has 0 fully saturated rings. The van der Waals surface area contributed by atoms with Crippen LogP contribution in [0.4, 0.5) is 4.79 Å².